The zero-order chi connectivity index (χ0) is 18.6. The highest BCUT2D eigenvalue weighted by Gasteiger charge is 2.33. The molecule has 0 radical (unpaired) electrons. The van der Waals surface area contributed by atoms with E-state index < -0.39 is 10.0 Å². The van der Waals surface area contributed by atoms with Gasteiger partial charge in [0.05, 0.1) is 25.0 Å². The number of carbonyl (C=O) groups excluding carboxylic acids is 1. The summed E-state index contributed by atoms with van der Waals surface area (Å²) in [5.74, 6) is -0.113. The SMILES string of the molecule is CS(=O)(=O)N(CCN1CCOCC1)C1CCCN(C(=O)c2cscn2)C1. The van der Waals surface area contributed by atoms with Gasteiger partial charge in [-0.3, -0.25) is 9.69 Å². The molecule has 2 fully saturated rings. The number of thiazole rings is 1. The largest absolute Gasteiger partial charge is 0.379 e. The predicted molar refractivity (Wildman–Crippen MR) is 99.8 cm³/mol. The first kappa shape index (κ1) is 19.7. The van der Waals surface area contributed by atoms with Crippen molar-refractivity contribution in [2.45, 2.75) is 18.9 Å². The first-order valence-electron chi connectivity index (χ1n) is 8.89. The molecule has 0 aliphatic carbocycles. The molecule has 0 spiro atoms. The molecule has 2 saturated heterocycles. The number of amides is 1. The molecular weight excluding hydrogens is 376 g/mol. The van der Waals surface area contributed by atoms with Gasteiger partial charge in [0, 0.05) is 50.7 Å². The second-order valence-corrected chi connectivity index (χ2v) is 9.40. The van der Waals surface area contributed by atoms with Gasteiger partial charge in [-0.1, -0.05) is 0 Å². The van der Waals surface area contributed by atoms with Crippen molar-refractivity contribution in [3.8, 4) is 0 Å². The summed E-state index contributed by atoms with van der Waals surface area (Å²) in [5, 5.41) is 1.73. The van der Waals surface area contributed by atoms with E-state index in [4.69, 9.17) is 4.74 Å². The zero-order valence-electron chi connectivity index (χ0n) is 15.0. The first-order chi connectivity index (χ1) is 12.4. The van der Waals surface area contributed by atoms with E-state index in [2.05, 4.69) is 9.88 Å². The Labute approximate surface area is 158 Å². The second-order valence-electron chi connectivity index (χ2n) is 6.75. The van der Waals surface area contributed by atoms with Crippen LogP contribution in [0.4, 0.5) is 0 Å². The molecule has 1 aromatic heterocycles. The third-order valence-corrected chi connectivity index (χ3v) is 6.83. The highest BCUT2D eigenvalue weighted by atomic mass is 32.2. The number of nitrogens with zero attached hydrogens (tertiary/aromatic N) is 4. The van der Waals surface area contributed by atoms with Crippen LogP contribution >= 0.6 is 11.3 Å². The number of sulfonamides is 1. The molecule has 2 aliphatic rings. The lowest BCUT2D eigenvalue weighted by Crippen LogP contribution is -2.53. The molecule has 0 bridgehead atoms. The Morgan fingerprint density at radius 2 is 2.15 bits per heavy atom. The normalized spacial score (nSPS) is 22.7. The Hall–Kier alpha value is -1.07. The van der Waals surface area contributed by atoms with Crippen LogP contribution in [0.1, 0.15) is 23.3 Å². The van der Waals surface area contributed by atoms with E-state index in [9.17, 15) is 13.2 Å². The molecule has 10 heteroatoms. The molecule has 0 N–H and O–H groups in total. The average molecular weight is 403 g/mol. The van der Waals surface area contributed by atoms with Crippen molar-refractivity contribution in [1.82, 2.24) is 19.1 Å². The number of aromatic nitrogens is 1. The van der Waals surface area contributed by atoms with Gasteiger partial charge in [0.25, 0.3) is 5.91 Å². The summed E-state index contributed by atoms with van der Waals surface area (Å²) in [7, 11) is -3.34. The van der Waals surface area contributed by atoms with Crippen LogP contribution in [0.5, 0.6) is 0 Å². The van der Waals surface area contributed by atoms with Crippen LogP contribution in [0.2, 0.25) is 0 Å². The Morgan fingerprint density at radius 1 is 1.38 bits per heavy atom. The minimum atomic E-state index is -3.34. The van der Waals surface area contributed by atoms with Gasteiger partial charge < -0.3 is 9.64 Å². The first-order valence-corrected chi connectivity index (χ1v) is 11.7. The van der Waals surface area contributed by atoms with Crippen LogP contribution in [-0.4, -0.2) is 98.2 Å². The maximum absolute atomic E-state index is 12.6. The zero-order valence-corrected chi connectivity index (χ0v) is 16.7. The summed E-state index contributed by atoms with van der Waals surface area (Å²) in [6.07, 6.45) is 2.83. The van der Waals surface area contributed by atoms with E-state index >= 15 is 0 Å². The van der Waals surface area contributed by atoms with Gasteiger partial charge in [-0.25, -0.2) is 13.4 Å². The summed E-state index contributed by atoms with van der Waals surface area (Å²) in [4.78, 5) is 20.6. The fourth-order valence-corrected chi connectivity index (χ4v) is 5.19. The highest BCUT2D eigenvalue weighted by molar-refractivity contribution is 7.88. The van der Waals surface area contributed by atoms with Gasteiger partial charge in [-0.15, -0.1) is 11.3 Å². The smallest absolute Gasteiger partial charge is 0.273 e. The Morgan fingerprint density at radius 3 is 2.81 bits per heavy atom. The molecule has 0 saturated carbocycles. The standard InChI is InChI=1S/C16H26N4O4S2/c1-26(22,23)20(6-5-18-7-9-24-10-8-18)14-3-2-4-19(11-14)16(21)15-12-25-13-17-15/h12-14H,2-11H2,1H3. The monoisotopic (exact) mass is 402 g/mol. The highest BCUT2D eigenvalue weighted by Crippen LogP contribution is 2.20. The van der Waals surface area contributed by atoms with Crippen molar-refractivity contribution < 1.29 is 17.9 Å². The van der Waals surface area contributed by atoms with Crippen molar-refractivity contribution in [2.75, 3.05) is 58.7 Å². The van der Waals surface area contributed by atoms with Gasteiger partial charge in [0.2, 0.25) is 10.0 Å². The molecule has 0 aromatic carbocycles. The third-order valence-electron chi connectivity index (χ3n) is 4.91. The molecule has 26 heavy (non-hydrogen) atoms. The number of piperidine rings is 1. The van der Waals surface area contributed by atoms with Crippen LogP contribution < -0.4 is 0 Å². The molecule has 1 aromatic rings. The number of hydrogen-bond donors (Lipinski definition) is 0. The Bertz CT molecular complexity index is 689. The number of morpholine rings is 1. The fraction of sp³-hybridized carbons (Fsp3) is 0.750. The van der Waals surface area contributed by atoms with Gasteiger partial charge >= 0.3 is 0 Å². The molecule has 3 rings (SSSR count). The fourth-order valence-electron chi connectivity index (χ4n) is 3.54. The molecule has 1 unspecified atom stereocenters. The van der Waals surface area contributed by atoms with Crippen LogP contribution in [0.3, 0.4) is 0 Å². The van der Waals surface area contributed by atoms with E-state index in [0.29, 0.717) is 45.1 Å². The molecular formula is C16H26N4O4S2. The molecule has 8 nitrogen and oxygen atoms in total. The minimum Gasteiger partial charge on any atom is -0.379 e. The maximum Gasteiger partial charge on any atom is 0.273 e. The molecule has 3 heterocycles. The van der Waals surface area contributed by atoms with Crippen molar-refractivity contribution >= 4 is 27.3 Å². The minimum absolute atomic E-state index is 0.113. The molecule has 2 aliphatic heterocycles. The summed E-state index contributed by atoms with van der Waals surface area (Å²) < 4.78 is 31.7. The van der Waals surface area contributed by atoms with Crippen molar-refractivity contribution in [3.63, 3.8) is 0 Å². The van der Waals surface area contributed by atoms with E-state index in [1.807, 2.05) is 0 Å². The van der Waals surface area contributed by atoms with Crippen LogP contribution in [0.25, 0.3) is 0 Å². The van der Waals surface area contributed by atoms with Crippen LogP contribution in [0.15, 0.2) is 10.9 Å². The third kappa shape index (κ3) is 5.01. The average Bonchev–Trinajstić information content (AvgIpc) is 3.16. The van der Waals surface area contributed by atoms with Gasteiger partial charge in [-0.2, -0.15) is 4.31 Å². The summed E-state index contributed by atoms with van der Waals surface area (Å²) >= 11 is 1.39. The second kappa shape index (κ2) is 8.75. The van der Waals surface area contributed by atoms with Crippen LogP contribution in [0, 0.1) is 0 Å². The van der Waals surface area contributed by atoms with E-state index in [1.165, 1.54) is 17.6 Å². The number of likely N-dealkylation sites (tertiary alicyclic amines) is 1. The Balaban J connectivity index is 1.64. The van der Waals surface area contributed by atoms with E-state index in [0.717, 1.165) is 25.9 Å². The van der Waals surface area contributed by atoms with Crippen molar-refractivity contribution in [2.24, 2.45) is 0 Å². The van der Waals surface area contributed by atoms with Crippen molar-refractivity contribution in [3.05, 3.63) is 16.6 Å². The van der Waals surface area contributed by atoms with E-state index in [-0.39, 0.29) is 11.9 Å². The molecule has 146 valence electrons. The van der Waals surface area contributed by atoms with Crippen LogP contribution in [-0.2, 0) is 14.8 Å². The quantitative estimate of drug-likeness (QED) is 0.682. The van der Waals surface area contributed by atoms with Crippen molar-refractivity contribution in [1.29, 1.82) is 0 Å². The van der Waals surface area contributed by atoms with Gasteiger partial charge in [-0.05, 0) is 12.8 Å². The maximum atomic E-state index is 12.6. The van der Waals surface area contributed by atoms with Gasteiger partial charge in [0.15, 0.2) is 0 Å². The lowest BCUT2D eigenvalue weighted by molar-refractivity contribution is 0.0334. The molecule has 1 atom stereocenters. The number of rotatable bonds is 6. The number of hydrogen-bond acceptors (Lipinski definition) is 7. The molecule has 1 amide bonds. The van der Waals surface area contributed by atoms with E-state index in [1.54, 1.807) is 20.1 Å². The number of ether oxygens (including phenoxy) is 1. The topological polar surface area (TPSA) is 83.1 Å². The lowest BCUT2D eigenvalue weighted by atomic mass is 10.1. The summed E-state index contributed by atoms with van der Waals surface area (Å²) in [5.41, 5.74) is 2.08. The lowest BCUT2D eigenvalue weighted by Gasteiger charge is -2.39. The summed E-state index contributed by atoms with van der Waals surface area (Å²) in [6, 6.07) is -0.178. The number of carbonyl (C=O) groups is 1. The Kier molecular flexibility index (Phi) is 6.62. The van der Waals surface area contributed by atoms with Gasteiger partial charge in [0.1, 0.15) is 5.69 Å². The summed E-state index contributed by atoms with van der Waals surface area (Å²) in [6.45, 7) is 5.25. The predicted octanol–water partition coefficient (Wildman–Crippen LogP) is 0.342.